The van der Waals surface area contributed by atoms with Gasteiger partial charge in [-0.2, -0.15) is 5.26 Å². The van der Waals surface area contributed by atoms with Crippen LogP contribution in [0.1, 0.15) is 36.6 Å². The number of aliphatic hydroxyl groups is 1. The summed E-state index contributed by atoms with van der Waals surface area (Å²) in [6.45, 7) is 2.53. The molecule has 172 valence electrons. The molecule has 7 heteroatoms. The third kappa shape index (κ3) is 4.00. The number of hydrogen-bond donors (Lipinski definition) is 2. The molecule has 3 heterocycles. The molecule has 0 aliphatic carbocycles. The van der Waals surface area contributed by atoms with E-state index in [1.807, 2.05) is 18.2 Å². The van der Waals surface area contributed by atoms with Crippen LogP contribution in [0.15, 0.2) is 54.2 Å². The number of hydrogen-bond acceptors (Lipinski definition) is 6. The zero-order chi connectivity index (χ0) is 23.2. The van der Waals surface area contributed by atoms with Crippen molar-refractivity contribution in [1.29, 1.82) is 5.26 Å². The fraction of sp³-hybridized carbons (Fsp3) is 0.423. The summed E-state index contributed by atoms with van der Waals surface area (Å²) in [5.74, 6) is 0. The highest BCUT2D eigenvalue weighted by Gasteiger charge is 2.48. The average Bonchev–Trinajstić information content (AvgIpc) is 3.24. The molecule has 0 radical (unpaired) electrons. The van der Waals surface area contributed by atoms with Gasteiger partial charge in [0.25, 0.3) is 0 Å². The highest BCUT2D eigenvalue weighted by molar-refractivity contribution is 6.31. The highest BCUT2D eigenvalue weighted by Crippen LogP contribution is 2.50. The van der Waals surface area contributed by atoms with Gasteiger partial charge in [0, 0.05) is 30.4 Å². The second-order valence-corrected chi connectivity index (χ2v) is 10.1. The Hall–Kier alpha value is -2.56. The average molecular weight is 464 g/mol. The van der Waals surface area contributed by atoms with E-state index in [0.717, 1.165) is 60.9 Å². The maximum Gasteiger partial charge on any atom is 0.133 e. The first-order chi connectivity index (χ1) is 15.9. The van der Waals surface area contributed by atoms with Crippen molar-refractivity contribution < 1.29 is 5.11 Å². The summed E-state index contributed by atoms with van der Waals surface area (Å²) in [5, 5.41) is 24.6. The molecule has 5 rings (SSSR count). The van der Waals surface area contributed by atoms with Crippen LogP contribution in [-0.4, -0.2) is 60.2 Å². The Labute approximate surface area is 200 Å². The number of benzene rings is 2. The van der Waals surface area contributed by atoms with Crippen molar-refractivity contribution >= 4 is 23.0 Å². The smallest absolute Gasteiger partial charge is 0.133 e. The van der Waals surface area contributed by atoms with Gasteiger partial charge in [0.1, 0.15) is 6.23 Å². The zero-order valence-electron chi connectivity index (χ0n) is 19.1. The summed E-state index contributed by atoms with van der Waals surface area (Å²) >= 11 is 6.39. The molecule has 1 fully saturated rings. The van der Waals surface area contributed by atoms with Gasteiger partial charge in [-0.05, 0) is 69.3 Å². The Morgan fingerprint density at radius 3 is 2.61 bits per heavy atom. The minimum absolute atomic E-state index is 0.150. The number of rotatable bonds is 4. The van der Waals surface area contributed by atoms with Gasteiger partial charge in [-0.3, -0.25) is 4.90 Å². The predicted octanol–water partition coefficient (Wildman–Crippen LogP) is 4.19. The summed E-state index contributed by atoms with van der Waals surface area (Å²) in [5.41, 5.74) is 4.91. The molecule has 1 saturated heterocycles. The third-order valence-electron chi connectivity index (χ3n) is 7.20. The van der Waals surface area contributed by atoms with Crippen molar-refractivity contribution in [2.45, 2.75) is 37.1 Å². The molecular weight excluding hydrogens is 434 g/mol. The van der Waals surface area contributed by atoms with Gasteiger partial charge in [0.2, 0.25) is 0 Å². The fourth-order valence-electron chi connectivity index (χ4n) is 5.58. The number of fused-ring (bicyclic) bond motifs is 4. The molecule has 2 atom stereocenters. The number of halogens is 1. The standard InChI is InChI=1S/C26H30ClN5O/c1-30(2)17-21-8-10-24-26(29-22-9-7-20(27)15-23(22)32(21)24)11-13-31(14-12-26)25(33)19-5-3-18(16-28)4-6-19/h3-7,9-10,15,21,25,29,33H,8,11-14,17H2,1-2H3. The summed E-state index contributed by atoms with van der Waals surface area (Å²) in [6.07, 6.45) is 4.55. The largest absolute Gasteiger partial charge is 0.374 e. The maximum atomic E-state index is 11.0. The van der Waals surface area contributed by atoms with Gasteiger partial charge in [0.05, 0.1) is 34.6 Å². The Bertz CT molecular complexity index is 1100. The molecule has 0 saturated carbocycles. The number of nitrogens with zero attached hydrogens (tertiary/aromatic N) is 4. The number of likely N-dealkylation sites (tertiary alicyclic amines) is 1. The van der Waals surface area contributed by atoms with Crippen LogP contribution in [0.2, 0.25) is 5.02 Å². The van der Waals surface area contributed by atoms with Crippen molar-refractivity contribution in [3.8, 4) is 6.07 Å². The first-order valence-electron chi connectivity index (χ1n) is 11.5. The molecule has 0 aromatic heterocycles. The highest BCUT2D eigenvalue weighted by atomic mass is 35.5. The van der Waals surface area contributed by atoms with Gasteiger partial charge in [-0.25, -0.2) is 0 Å². The lowest BCUT2D eigenvalue weighted by molar-refractivity contribution is -0.0178. The van der Waals surface area contributed by atoms with Gasteiger partial charge >= 0.3 is 0 Å². The van der Waals surface area contributed by atoms with Crippen molar-refractivity contribution in [2.24, 2.45) is 0 Å². The van der Waals surface area contributed by atoms with E-state index in [1.54, 1.807) is 12.1 Å². The van der Waals surface area contributed by atoms with Gasteiger partial charge in [0.15, 0.2) is 0 Å². The first-order valence-corrected chi connectivity index (χ1v) is 11.9. The van der Waals surface area contributed by atoms with Gasteiger partial charge in [-0.1, -0.05) is 29.8 Å². The summed E-state index contributed by atoms with van der Waals surface area (Å²) in [4.78, 5) is 6.88. The van der Waals surface area contributed by atoms with E-state index in [0.29, 0.717) is 11.6 Å². The lowest BCUT2D eigenvalue weighted by Gasteiger charge is -2.52. The maximum absolute atomic E-state index is 11.0. The molecule has 2 unspecified atom stereocenters. The van der Waals surface area contributed by atoms with E-state index >= 15 is 0 Å². The number of nitriles is 1. The number of likely N-dealkylation sites (N-methyl/N-ethyl adjacent to an activating group) is 1. The van der Waals surface area contributed by atoms with Crippen LogP contribution < -0.4 is 10.2 Å². The zero-order valence-corrected chi connectivity index (χ0v) is 19.9. The molecule has 1 spiro atoms. The topological polar surface area (TPSA) is 65.8 Å². The van der Waals surface area contributed by atoms with E-state index in [4.69, 9.17) is 16.9 Å². The SMILES string of the molecule is CN(C)CC1CC=C2N1c1cc(Cl)ccc1NC21CCN(C(O)c2ccc(C#N)cc2)CC1. The molecular formula is C26H30ClN5O. The number of anilines is 2. The first kappa shape index (κ1) is 22.2. The van der Waals surface area contributed by atoms with Crippen LogP contribution in [-0.2, 0) is 0 Å². The normalized spacial score (nSPS) is 22.4. The molecule has 2 aromatic rings. The second-order valence-electron chi connectivity index (χ2n) is 9.62. The van der Waals surface area contributed by atoms with Crippen LogP contribution in [0.25, 0.3) is 0 Å². The van der Waals surface area contributed by atoms with E-state index in [1.165, 1.54) is 5.70 Å². The van der Waals surface area contributed by atoms with E-state index in [-0.39, 0.29) is 5.54 Å². The van der Waals surface area contributed by atoms with Crippen LogP contribution in [0, 0.1) is 11.3 Å². The third-order valence-corrected chi connectivity index (χ3v) is 7.44. The van der Waals surface area contributed by atoms with Crippen LogP contribution in [0.3, 0.4) is 0 Å². The minimum Gasteiger partial charge on any atom is -0.374 e. The van der Waals surface area contributed by atoms with Crippen molar-refractivity contribution in [3.05, 3.63) is 70.4 Å². The molecule has 33 heavy (non-hydrogen) atoms. The summed E-state index contributed by atoms with van der Waals surface area (Å²) < 4.78 is 0. The molecule has 3 aliphatic rings. The van der Waals surface area contributed by atoms with Crippen molar-refractivity contribution in [1.82, 2.24) is 9.80 Å². The Kier molecular flexibility index (Phi) is 5.84. The number of nitrogens with one attached hydrogen (secondary N) is 1. The molecule has 0 amide bonds. The second kappa shape index (κ2) is 8.66. The number of piperidine rings is 1. The van der Waals surface area contributed by atoms with Crippen molar-refractivity contribution in [3.63, 3.8) is 0 Å². The van der Waals surface area contributed by atoms with E-state index in [9.17, 15) is 5.11 Å². The lowest BCUT2D eigenvalue weighted by atomic mass is 9.81. The van der Waals surface area contributed by atoms with Crippen LogP contribution >= 0.6 is 11.6 Å². The Balaban J connectivity index is 1.39. The fourth-order valence-corrected chi connectivity index (χ4v) is 5.75. The molecule has 6 nitrogen and oxygen atoms in total. The summed E-state index contributed by atoms with van der Waals surface area (Å²) in [6, 6.07) is 15.9. The Morgan fingerprint density at radius 2 is 1.94 bits per heavy atom. The minimum atomic E-state index is -0.667. The predicted molar refractivity (Wildman–Crippen MR) is 132 cm³/mol. The molecule has 3 aliphatic heterocycles. The lowest BCUT2D eigenvalue weighted by Crippen LogP contribution is -2.57. The van der Waals surface area contributed by atoms with Crippen molar-refractivity contribution in [2.75, 3.05) is 43.9 Å². The van der Waals surface area contributed by atoms with Gasteiger partial charge < -0.3 is 20.2 Å². The monoisotopic (exact) mass is 463 g/mol. The molecule has 2 aromatic carbocycles. The van der Waals surface area contributed by atoms with E-state index < -0.39 is 6.23 Å². The molecule has 2 N–H and O–H groups in total. The van der Waals surface area contributed by atoms with Gasteiger partial charge in [-0.15, -0.1) is 0 Å². The van der Waals surface area contributed by atoms with Crippen LogP contribution in [0.5, 0.6) is 0 Å². The van der Waals surface area contributed by atoms with Crippen LogP contribution in [0.4, 0.5) is 11.4 Å². The van der Waals surface area contributed by atoms with E-state index in [2.05, 4.69) is 58.4 Å². The number of aliphatic hydroxyl groups excluding tert-OH is 1. The molecule has 0 bridgehead atoms. The summed E-state index contributed by atoms with van der Waals surface area (Å²) in [7, 11) is 4.25. The quantitative estimate of drug-likeness (QED) is 0.708. The Morgan fingerprint density at radius 1 is 1.21 bits per heavy atom.